The molecule has 0 aromatic heterocycles. The van der Waals surface area contributed by atoms with Gasteiger partial charge in [-0.3, -0.25) is 13.8 Å². The van der Waals surface area contributed by atoms with Crippen molar-refractivity contribution in [3.63, 3.8) is 0 Å². The lowest BCUT2D eigenvalue weighted by Crippen LogP contribution is -2.41. The SMILES string of the molecule is CC.CC(C)/C=C/C(=O)NCCCCCCNC(=O)C1CCN(S(=O)[O-])CC1.[HH].[HH]. The Hall–Kier alpha value is -1.25. The van der Waals surface area contributed by atoms with Crippen molar-refractivity contribution in [3.8, 4) is 0 Å². The van der Waals surface area contributed by atoms with E-state index in [1.54, 1.807) is 6.08 Å². The zero-order valence-electron chi connectivity index (χ0n) is 17.9. The van der Waals surface area contributed by atoms with Crippen LogP contribution in [-0.4, -0.2) is 51.1 Å². The van der Waals surface area contributed by atoms with Crippen LogP contribution in [0, 0.1) is 11.8 Å². The minimum Gasteiger partial charge on any atom is -0.760 e. The minimum absolute atomic E-state index is 0. The van der Waals surface area contributed by atoms with E-state index in [9.17, 15) is 18.4 Å². The van der Waals surface area contributed by atoms with Gasteiger partial charge in [0.15, 0.2) is 0 Å². The van der Waals surface area contributed by atoms with Gasteiger partial charge in [-0.25, -0.2) is 4.31 Å². The fourth-order valence-electron chi connectivity index (χ4n) is 2.78. The normalized spacial score (nSPS) is 16.5. The largest absolute Gasteiger partial charge is 0.760 e. The van der Waals surface area contributed by atoms with E-state index in [2.05, 4.69) is 10.6 Å². The van der Waals surface area contributed by atoms with E-state index in [0.29, 0.717) is 44.9 Å². The first kappa shape index (κ1) is 26.8. The van der Waals surface area contributed by atoms with Crippen LogP contribution in [0.15, 0.2) is 12.2 Å². The summed E-state index contributed by atoms with van der Waals surface area (Å²) in [5, 5.41) is 5.80. The number of nitrogens with one attached hydrogen (secondary N) is 2. The van der Waals surface area contributed by atoms with Crippen LogP contribution in [0.1, 0.15) is 69.1 Å². The quantitative estimate of drug-likeness (QED) is 0.305. The number of carbonyl (C=O) groups excluding carboxylic acids is 2. The smallest absolute Gasteiger partial charge is 0.243 e. The molecule has 2 amide bonds. The first-order chi connectivity index (χ1) is 13.4. The molecule has 1 aliphatic rings. The standard InChI is InChI=1S/C18H33N3O4S.C2H6.2H2/c1-15(2)7-8-17(22)19-11-5-3-4-6-12-20-18(23)16-9-13-21(14-10-16)26(24)25;1-2;;/h7-8,15-16H,3-6,9-14H2,1-2H3,(H,19,22)(H,20,23)(H,24,25);1-2H3;2*1H/p-1/b8-7+;;;. The summed E-state index contributed by atoms with van der Waals surface area (Å²) in [5.41, 5.74) is 0. The Kier molecular flexibility index (Phi) is 15.9. The third kappa shape index (κ3) is 13.0. The highest BCUT2D eigenvalue weighted by molar-refractivity contribution is 7.76. The lowest BCUT2D eigenvalue weighted by atomic mass is 9.97. The Morgan fingerprint density at radius 3 is 2.14 bits per heavy atom. The molecule has 1 saturated heterocycles. The Balaban J connectivity index is -0.00000176. The molecule has 2 N–H and O–H groups in total. The summed E-state index contributed by atoms with van der Waals surface area (Å²) in [6.45, 7) is 10.2. The average Bonchev–Trinajstić information content (AvgIpc) is 2.69. The Morgan fingerprint density at radius 1 is 1.11 bits per heavy atom. The van der Waals surface area contributed by atoms with Gasteiger partial charge in [-0.1, -0.05) is 46.6 Å². The van der Waals surface area contributed by atoms with Crippen molar-refractivity contribution in [1.82, 2.24) is 14.9 Å². The van der Waals surface area contributed by atoms with Crippen molar-refractivity contribution in [1.29, 1.82) is 0 Å². The van der Waals surface area contributed by atoms with E-state index in [-0.39, 0.29) is 20.6 Å². The molecule has 1 fully saturated rings. The molecule has 0 aliphatic carbocycles. The zero-order chi connectivity index (χ0) is 21.4. The summed E-state index contributed by atoms with van der Waals surface area (Å²) in [4.78, 5) is 23.5. The zero-order valence-corrected chi connectivity index (χ0v) is 18.7. The minimum atomic E-state index is -2.18. The molecule has 8 heteroatoms. The number of piperidine rings is 1. The second-order valence-electron chi connectivity index (χ2n) is 7.02. The highest BCUT2D eigenvalue weighted by Gasteiger charge is 2.24. The molecule has 0 radical (unpaired) electrons. The van der Waals surface area contributed by atoms with Crippen molar-refractivity contribution in [2.75, 3.05) is 26.2 Å². The molecule has 0 saturated carbocycles. The van der Waals surface area contributed by atoms with E-state index >= 15 is 0 Å². The Bertz CT molecular complexity index is 500. The second-order valence-corrected chi connectivity index (χ2v) is 7.97. The van der Waals surface area contributed by atoms with Gasteiger partial charge in [0.1, 0.15) is 0 Å². The molecule has 1 rings (SSSR count). The molecule has 0 aromatic rings. The van der Waals surface area contributed by atoms with Crippen LogP contribution in [0.25, 0.3) is 0 Å². The summed E-state index contributed by atoms with van der Waals surface area (Å²) in [6, 6.07) is 0. The second kappa shape index (κ2) is 16.7. The molecular weight excluding hydrogens is 378 g/mol. The number of carbonyl (C=O) groups is 2. The van der Waals surface area contributed by atoms with E-state index in [4.69, 9.17) is 0 Å². The van der Waals surface area contributed by atoms with Gasteiger partial charge < -0.3 is 15.2 Å². The summed E-state index contributed by atoms with van der Waals surface area (Å²) < 4.78 is 23.1. The molecular formula is C20H42N3O4S-. The Labute approximate surface area is 176 Å². The van der Waals surface area contributed by atoms with Gasteiger partial charge in [0, 0.05) is 46.2 Å². The summed E-state index contributed by atoms with van der Waals surface area (Å²) in [7, 11) is 0. The molecule has 0 spiro atoms. The Morgan fingerprint density at radius 2 is 1.64 bits per heavy atom. The number of unbranched alkanes of at least 4 members (excludes halogenated alkanes) is 3. The molecule has 168 valence electrons. The maximum absolute atomic E-state index is 12.1. The van der Waals surface area contributed by atoms with Gasteiger partial charge in [0.05, 0.1) is 0 Å². The molecule has 1 heterocycles. The van der Waals surface area contributed by atoms with Crippen molar-refractivity contribution in [3.05, 3.63) is 12.2 Å². The van der Waals surface area contributed by atoms with Crippen molar-refractivity contribution in [2.45, 2.75) is 66.2 Å². The molecule has 7 nitrogen and oxygen atoms in total. The van der Waals surface area contributed by atoms with Gasteiger partial charge in [-0.05, 0) is 37.7 Å². The predicted molar refractivity (Wildman–Crippen MR) is 117 cm³/mol. The summed E-state index contributed by atoms with van der Waals surface area (Å²) in [5.74, 6) is 0.284. The molecule has 1 unspecified atom stereocenters. The van der Waals surface area contributed by atoms with E-state index < -0.39 is 11.3 Å². The van der Waals surface area contributed by atoms with Gasteiger partial charge in [-0.2, -0.15) is 0 Å². The van der Waals surface area contributed by atoms with Gasteiger partial charge in [0.2, 0.25) is 11.8 Å². The lowest BCUT2D eigenvalue weighted by Gasteiger charge is -2.31. The third-order valence-corrected chi connectivity index (χ3v) is 5.16. The van der Waals surface area contributed by atoms with Crippen molar-refractivity contribution >= 4 is 23.1 Å². The fourth-order valence-corrected chi connectivity index (χ4v) is 3.29. The molecule has 0 aromatic carbocycles. The number of amides is 2. The first-order valence-electron chi connectivity index (χ1n) is 10.5. The molecule has 1 atom stereocenters. The van der Waals surface area contributed by atoms with Crippen molar-refractivity contribution < 1.29 is 21.2 Å². The lowest BCUT2D eigenvalue weighted by molar-refractivity contribution is -0.126. The average molecular weight is 421 g/mol. The highest BCUT2D eigenvalue weighted by atomic mass is 32.2. The van der Waals surface area contributed by atoms with Crippen LogP contribution < -0.4 is 10.6 Å². The number of allylic oxidation sites excluding steroid dienone is 1. The molecule has 1 aliphatic heterocycles. The van der Waals surface area contributed by atoms with E-state index in [0.717, 1.165) is 25.7 Å². The van der Waals surface area contributed by atoms with Crippen LogP contribution >= 0.6 is 0 Å². The van der Waals surface area contributed by atoms with Gasteiger partial charge in [0.25, 0.3) is 0 Å². The fraction of sp³-hybridized carbons (Fsp3) is 0.800. The van der Waals surface area contributed by atoms with Gasteiger partial charge >= 0.3 is 0 Å². The summed E-state index contributed by atoms with van der Waals surface area (Å²) >= 11 is -2.18. The maximum Gasteiger partial charge on any atom is 0.243 e. The highest BCUT2D eigenvalue weighted by Crippen LogP contribution is 2.17. The number of hydrogen-bond acceptors (Lipinski definition) is 4. The topological polar surface area (TPSA) is 102 Å². The van der Waals surface area contributed by atoms with Crippen LogP contribution in [0.3, 0.4) is 0 Å². The number of hydrogen-bond donors (Lipinski definition) is 2. The maximum atomic E-state index is 12.1. The monoisotopic (exact) mass is 420 g/mol. The molecule has 0 bridgehead atoms. The van der Waals surface area contributed by atoms with Crippen LogP contribution in [-0.2, 0) is 20.9 Å². The van der Waals surface area contributed by atoms with Crippen LogP contribution in [0.2, 0.25) is 0 Å². The van der Waals surface area contributed by atoms with Crippen LogP contribution in [0.4, 0.5) is 0 Å². The van der Waals surface area contributed by atoms with Gasteiger partial charge in [-0.15, -0.1) is 0 Å². The third-order valence-electron chi connectivity index (χ3n) is 4.37. The first-order valence-corrected chi connectivity index (χ1v) is 11.5. The van der Waals surface area contributed by atoms with Crippen molar-refractivity contribution in [2.24, 2.45) is 11.8 Å². The van der Waals surface area contributed by atoms with Crippen LogP contribution in [0.5, 0.6) is 0 Å². The van der Waals surface area contributed by atoms with E-state index in [1.807, 2.05) is 33.8 Å². The number of rotatable bonds is 11. The molecule has 28 heavy (non-hydrogen) atoms. The summed E-state index contributed by atoms with van der Waals surface area (Å²) in [6.07, 6.45) is 8.50. The number of nitrogens with zero attached hydrogens (tertiary/aromatic N) is 1. The predicted octanol–water partition coefficient (Wildman–Crippen LogP) is 3.02. The van der Waals surface area contributed by atoms with E-state index in [1.165, 1.54) is 4.31 Å².